The van der Waals surface area contributed by atoms with E-state index in [1.165, 1.54) is 0 Å². The summed E-state index contributed by atoms with van der Waals surface area (Å²) in [5.74, 6) is 0.503. The zero-order valence-corrected chi connectivity index (χ0v) is 20.7. The van der Waals surface area contributed by atoms with Crippen molar-refractivity contribution in [2.45, 2.75) is 52.6 Å². The molecule has 0 aliphatic rings. The second kappa shape index (κ2) is 11.5. The van der Waals surface area contributed by atoms with Crippen LogP contribution in [0.3, 0.4) is 0 Å². The van der Waals surface area contributed by atoms with E-state index in [0.29, 0.717) is 18.8 Å². The van der Waals surface area contributed by atoms with Gasteiger partial charge in [0.25, 0.3) is 0 Å². The smallest absolute Gasteiger partial charge is 0.245 e. The molecule has 0 aliphatic heterocycles. The lowest BCUT2D eigenvalue weighted by Gasteiger charge is -2.35. The minimum Gasteiger partial charge on any atom is -0.347 e. The Morgan fingerprint density at radius 3 is 2.24 bits per heavy atom. The predicted molar refractivity (Wildman–Crippen MR) is 132 cm³/mol. The molecule has 1 heterocycles. The first-order valence-electron chi connectivity index (χ1n) is 11.8. The largest absolute Gasteiger partial charge is 0.347 e. The lowest BCUT2D eigenvalue weighted by atomic mass is 9.97. The van der Waals surface area contributed by atoms with Gasteiger partial charge in [-0.25, -0.2) is 0 Å². The van der Waals surface area contributed by atoms with E-state index in [0.717, 1.165) is 35.1 Å². The van der Waals surface area contributed by atoms with Crippen LogP contribution in [0.5, 0.6) is 0 Å². The number of rotatable bonds is 10. The lowest BCUT2D eigenvalue weighted by Crippen LogP contribution is -2.51. The molecule has 34 heavy (non-hydrogen) atoms. The lowest BCUT2D eigenvalue weighted by molar-refractivity contribution is -0.147. The SMILES string of the molecule is CCCCC(=O)N(Cc1ccc(-c2ccccc2-c2nn[nH]n2)cc1)C(C(=O)N(C)C)C(C)C. The first kappa shape index (κ1) is 25.1. The third kappa shape index (κ3) is 5.87. The zero-order valence-electron chi connectivity index (χ0n) is 20.7. The number of nitrogens with zero attached hydrogens (tertiary/aromatic N) is 5. The highest BCUT2D eigenvalue weighted by Gasteiger charge is 2.33. The monoisotopic (exact) mass is 462 g/mol. The van der Waals surface area contributed by atoms with E-state index in [-0.39, 0.29) is 17.7 Å². The molecular formula is C26H34N6O2. The summed E-state index contributed by atoms with van der Waals surface area (Å²) in [5.41, 5.74) is 3.87. The van der Waals surface area contributed by atoms with Gasteiger partial charge in [0, 0.05) is 32.6 Å². The van der Waals surface area contributed by atoms with Crippen molar-refractivity contribution in [2.24, 2.45) is 5.92 Å². The van der Waals surface area contributed by atoms with Crippen LogP contribution in [0.15, 0.2) is 48.5 Å². The summed E-state index contributed by atoms with van der Waals surface area (Å²) >= 11 is 0. The van der Waals surface area contributed by atoms with Gasteiger partial charge in [-0.05, 0) is 34.2 Å². The molecule has 3 rings (SSSR count). The maximum Gasteiger partial charge on any atom is 0.245 e. The summed E-state index contributed by atoms with van der Waals surface area (Å²) in [5, 5.41) is 14.4. The van der Waals surface area contributed by atoms with Gasteiger partial charge in [0.1, 0.15) is 6.04 Å². The van der Waals surface area contributed by atoms with Gasteiger partial charge in [0.05, 0.1) is 0 Å². The van der Waals surface area contributed by atoms with E-state index in [1.807, 2.05) is 62.4 Å². The molecule has 0 saturated heterocycles. The van der Waals surface area contributed by atoms with Crippen molar-refractivity contribution < 1.29 is 9.59 Å². The van der Waals surface area contributed by atoms with E-state index < -0.39 is 6.04 Å². The van der Waals surface area contributed by atoms with Crippen molar-refractivity contribution in [1.29, 1.82) is 0 Å². The first-order chi connectivity index (χ1) is 16.3. The van der Waals surface area contributed by atoms with Gasteiger partial charge >= 0.3 is 0 Å². The second-order valence-corrected chi connectivity index (χ2v) is 9.02. The van der Waals surface area contributed by atoms with Crippen LogP contribution in [0.2, 0.25) is 0 Å². The van der Waals surface area contributed by atoms with Gasteiger partial charge in [-0.1, -0.05) is 75.7 Å². The first-order valence-corrected chi connectivity index (χ1v) is 11.8. The van der Waals surface area contributed by atoms with Crippen LogP contribution in [-0.2, 0) is 16.1 Å². The summed E-state index contributed by atoms with van der Waals surface area (Å²) in [6.45, 7) is 6.43. The van der Waals surface area contributed by atoms with Gasteiger partial charge in [0.15, 0.2) is 0 Å². The highest BCUT2D eigenvalue weighted by molar-refractivity contribution is 5.87. The van der Waals surface area contributed by atoms with Gasteiger partial charge in [0.2, 0.25) is 17.6 Å². The van der Waals surface area contributed by atoms with Crippen molar-refractivity contribution in [3.63, 3.8) is 0 Å². The number of carbonyl (C=O) groups is 2. The van der Waals surface area contributed by atoms with Gasteiger partial charge in [-0.2, -0.15) is 5.21 Å². The Morgan fingerprint density at radius 1 is 1.00 bits per heavy atom. The number of H-pyrrole nitrogens is 1. The van der Waals surface area contributed by atoms with Crippen molar-refractivity contribution in [1.82, 2.24) is 30.4 Å². The number of likely N-dealkylation sites (N-methyl/N-ethyl adjacent to an activating group) is 1. The van der Waals surface area contributed by atoms with Crippen molar-refractivity contribution >= 4 is 11.8 Å². The Kier molecular flexibility index (Phi) is 8.51. The fourth-order valence-electron chi connectivity index (χ4n) is 4.05. The molecule has 2 amide bonds. The highest BCUT2D eigenvalue weighted by atomic mass is 16.2. The predicted octanol–water partition coefficient (Wildman–Crippen LogP) is 4.17. The van der Waals surface area contributed by atoms with E-state index in [4.69, 9.17) is 0 Å². The number of aromatic amines is 1. The number of nitrogens with one attached hydrogen (secondary N) is 1. The fraction of sp³-hybridized carbons (Fsp3) is 0.423. The van der Waals surface area contributed by atoms with Crippen molar-refractivity contribution in [3.8, 4) is 22.5 Å². The molecule has 0 bridgehead atoms. The fourth-order valence-corrected chi connectivity index (χ4v) is 4.05. The molecule has 0 aliphatic carbocycles. The molecule has 0 fully saturated rings. The Morgan fingerprint density at radius 2 is 1.68 bits per heavy atom. The van der Waals surface area contributed by atoms with Crippen LogP contribution >= 0.6 is 0 Å². The summed E-state index contributed by atoms with van der Waals surface area (Å²) in [7, 11) is 3.48. The summed E-state index contributed by atoms with van der Waals surface area (Å²) in [4.78, 5) is 29.5. The summed E-state index contributed by atoms with van der Waals surface area (Å²) in [6, 6.07) is 15.5. The second-order valence-electron chi connectivity index (χ2n) is 9.02. The minimum absolute atomic E-state index is 0.00147. The van der Waals surface area contributed by atoms with Crippen LogP contribution in [-0.4, -0.2) is 62.4 Å². The van der Waals surface area contributed by atoms with Crippen LogP contribution in [0.1, 0.15) is 45.6 Å². The molecule has 180 valence electrons. The number of amides is 2. The third-order valence-corrected chi connectivity index (χ3v) is 5.86. The van der Waals surface area contributed by atoms with Gasteiger partial charge < -0.3 is 9.80 Å². The average Bonchev–Trinajstić information content (AvgIpc) is 3.37. The Labute approximate surface area is 201 Å². The van der Waals surface area contributed by atoms with Crippen LogP contribution in [0.25, 0.3) is 22.5 Å². The number of aromatic nitrogens is 4. The molecule has 1 unspecified atom stereocenters. The Hall–Kier alpha value is -3.55. The number of hydrogen-bond acceptors (Lipinski definition) is 5. The molecule has 8 nitrogen and oxygen atoms in total. The molecule has 8 heteroatoms. The molecule has 0 saturated carbocycles. The molecule has 3 aromatic rings. The van der Waals surface area contributed by atoms with E-state index in [2.05, 4.69) is 27.5 Å². The molecule has 0 spiro atoms. The van der Waals surface area contributed by atoms with Gasteiger partial charge in [-0.3, -0.25) is 9.59 Å². The normalized spacial score (nSPS) is 11.9. The van der Waals surface area contributed by atoms with Crippen LogP contribution < -0.4 is 0 Å². The summed E-state index contributed by atoms with van der Waals surface area (Å²) in [6.07, 6.45) is 2.18. The molecule has 0 radical (unpaired) electrons. The Bertz CT molecular complexity index is 1080. The number of unbranched alkanes of at least 4 members (excludes halogenated alkanes) is 1. The molecule has 1 atom stereocenters. The van der Waals surface area contributed by atoms with E-state index in [1.54, 1.807) is 23.9 Å². The number of tetrazole rings is 1. The summed E-state index contributed by atoms with van der Waals surface area (Å²) < 4.78 is 0. The van der Waals surface area contributed by atoms with Crippen LogP contribution in [0.4, 0.5) is 0 Å². The quantitative estimate of drug-likeness (QED) is 0.488. The van der Waals surface area contributed by atoms with E-state index >= 15 is 0 Å². The van der Waals surface area contributed by atoms with E-state index in [9.17, 15) is 9.59 Å². The standard InChI is InChI=1S/C26H34N6O2/c1-6-7-12-23(33)32(24(18(2)3)26(34)31(4)5)17-19-13-15-20(16-14-19)21-10-8-9-11-22(21)25-27-29-30-28-25/h8-11,13-16,18,24H,6-7,12,17H2,1-5H3,(H,27,28,29,30). The maximum atomic E-state index is 13.2. The minimum atomic E-state index is -0.502. The van der Waals surface area contributed by atoms with Crippen LogP contribution in [0, 0.1) is 5.92 Å². The number of carbonyl (C=O) groups excluding carboxylic acids is 2. The van der Waals surface area contributed by atoms with Crippen molar-refractivity contribution in [3.05, 3.63) is 54.1 Å². The highest BCUT2D eigenvalue weighted by Crippen LogP contribution is 2.30. The zero-order chi connectivity index (χ0) is 24.7. The molecule has 1 N–H and O–H groups in total. The topological polar surface area (TPSA) is 95.1 Å². The van der Waals surface area contributed by atoms with Gasteiger partial charge in [-0.15, -0.1) is 10.2 Å². The number of benzene rings is 2. The molecular weight excluding hydrogens is 428 g/mol. The third-order valence-electron chi connectivity index (χ3n) is 5.86. The van der Waals surface area contributed by atoms with Crippen molar-refractivity contribution in [2.75, 3.05) is 14.1 Å². The molecule has 1 aromatic heterocycles. The number of hydrogen-bond donors (Lipinski definition) is 1. The average molecular weight is 463 g/mol. The molecule has 2 aromatic carbocycles. The maximum absolute atomic E-state index is 13.2. The Balaban J connectivity index is 1.90.